The normalized spacial score (nSPS) is 14.2. The number of benzene rings is 3. The van der Waals surface area contributed by atoms with Crippen LogP contribution >= 0.6 is 0 Å². The van der Waals surface area contributed by atoms with Crippen molar-refractivity contribution in [2.75, 3.05) is 40.7 Å². The Morgan fingerprint density at radius 2 is 1.55 bits per heavy atom. The van der Waals surface area contributed by atoms with Gasteiger partial charge in [0.05, 0.1) is 16.1 Å². The van der Waals surface area contributed by atoms with Gasteiger partial charge < -0.3 is 14.9 Å². The summed E-state index contributed by atoms with van der Waals surface area (Å²) in [6.07, 6.45) is 0.816. The number of carboxylic acids is 1. The second-order valence-corrected chi connectivity index (χ2v) is 9.63. The number of rotatable bonds is 7. The molecule has 0 aliphatic carbocycles. The zero-order chi connectivity index (χ0) is 23.4. The number of aryl methyl sites for hydroxylation is 1. The molecule has 1 aliphatic rings. The molecule has 2 N–H and O–H groups in total. The first-order chi connectivity index (χ1) is 15.9. The minimum absolute atomic E-state index is 0.0738. The first kappa shape index (κ1) is 22.7. The van der Waals surface area contributed by atoms with E-state index >= 15 is 0 Å². The number of anilines is 3. The molecule has 0 bridgehead atoms. The highest BCUT2D eigenvalue weighted by Gasteiger charge is 2.23. The Morgan fingerprint density at radius 3 is 2.15 bits per heavy atom. The van der Waals surface area contributed by atoms with Crippen LogP contribution in [0.2, 0.25) is 0 Å². The lowest BCUT2D eigenvalue weighted by Gasteiger charge is -2.38. The van der Waals surface area contributed by atoms with Crippen LogP contribution in [0, 0.1) is 0 Å². The second-order valence-electron chi connectivity index (χ2n) is 7.95. The van der Waals surface area contributed by atoms with Gasteiger partial charge in [-0.25, -0.2) is 13.2 Å². The van der Waals surface area contributed by atoms with Gasteiger partial charge in [0, 0.05) is 37.6 Å². The van der Waals surface area contributed by atoms with Gasteiger partial charge in [0.25, 0.3) is 10.0 Å². The number of nitrogens with zero attached hydrogens (tertiary/aromatic N) is 2. The third kappa shape index (κ3) is 5.12. The van der Waals surface area contributed by atoms with Crippen LogP contribution in [0.5, 0.6) is 0 Å². The van der Waals surface area contributed by atoms with Crippen molar-refractivity contribution < 1.29 is 18.3 Å². The lowest BCUT2D eigenvalue weighted by atomic mass is 10.1. The lowest BCUT2D eigenvalue weighted by molar-refractivity contribution is 0.0697. The van der Waals surface area contributed by atoms with E-state index in [1.54, 1.807) is 36.4 Å². The maximum atomic E-state index is 12.8. The number of piperazine rings is 1. The van der Waals surface area contributed by atoms with Gasteiger partial charge in [-0.15, -0.1) is 0 Å². The Hall–Kier alpha value is -3.52. The molecular formula is C25H27N3O4S. The molecule has 1 heterocycles. The van der Waals surface area contributed by atoms with Crippen molar-refractivity contribution in [1.29, 1.82) is 0 Å². The van der Waals surface area contributed by atoms with Gasteiger partial charge in [-0.05, 0) is 54.4 Å². The third-order valence-corrected chi connectivity index (χ3v) is 7.26. The highest BCUT2D eigenvalue weighted by molar-refractivity contribution is 7.92. The van der Waals surface area contributed by atoms with Gasteiger partial charge in [-0.3, -0.25) is 4.72 Å². The molecule has 0 amide bonds. The summed E-state index contributed by atoms with van der Waals surface area (Å²) >= 11 is 0. The zero-order valence-electron chi connectivity index (χ0n) is 18.4. The number of nitrogens with one attached hydrogen (secondary N) is 1. The summed E-state index contributed by atoms with van der Waals surface area (Å²) < 4.78 is 28.0. The molecule has 0 unspecified atom stereocenters. The predicted octanol–water partition coefficient (Wildman–Crippen LogP) is 4.07. The number of carbonyl (C=O) groups is 1. The molecule has 7 nitrogen and oxygen atoms in total. The maximum absolute atomic E-state index is 12.8. The smallest absolute Gasteiger partial charge is 0.337 e. The van der Waals surface area contributed by atoms with Crippen LogP contribution in [-0.4, -0.2) is 45.7 Å². The van der Waals surface area contributed by atoms with Crippen molar-refractivity contribution in [2.24, 2.45) is 0 Å². The molecule has 0 atom stereocenters. The van der Waals surface area contributed by atoms with Gasteiger partial charge in [-0.1, -0.05) is 37.3 Å². The molecule has 33 heavy (non-hydrogen) atoms. The minimum Gasteiger partial charge on any atom is -0.478 e. The fraction of sp³-hybridized carbons (Fsp3) is 0.240. The van der Waals surface area contributed by atoms with E-state index in [0.717, 1.165) is 30.8 Å². The molecule has 0 saturated carbocycles. The predicted molar refractivity (Wildman–Crippen MR) is 131 cm³/mol. The molecule has 0 radical (unpaired) electrons. The van der Waals surface area contributed by atoms with E-state index in [-0.39, 0.29) is 16.1 Å². The van der Waals surface area contributed by atoms with Crippen LogP contribution in [0.4, 0.5) is 17.1 Å². The molecule has 1 saturated heterocycles. The van der Waals surface area contributed by atoms with Crippen LogP contribution in [0.3, 0.4) is 0 Å². The molecule has 0 aromatic heterocycles. The molecule has 8 heteroatoms. The van der Waals surface area contributed by atoms with E-state index < -0.39 is 16.0 Å². The summed E-state index contributed by atoms with van der Waals surface area (Å²) in [6, 6.07) is 21.5. The molecular weight excluding hydrogens is 438 g/mol. The molecule has 172 valence electrons. The van der Waals surface area contributed by atoms with Crippen LogP contribution in [0.15, 0.2) is 77.7 Å². The number of sulfonamides is 1. The summed E-state index contributed by atoms with van der Waals surface area (Å²) in [5.41, 5.74) is 3.07. The van der Waals surface area contributed by atoms with Crippen molar-refractivity contribution in [3.63, 3.8) is 0 Å². The number of para-hydroxylation sites is 1. The first-order valence-electron chi connectivity index (χ1n) is 10.9. The van der Waals surface area contributed by atoms with Crippen molar-refractivity contribution in [3.8, 4) is 0 Å². The van der Waals surface area contributed by atoms with Gasteiger partial charge in [0.2, 0.25) is 0 Å². The molecule has 4 rings (SSSR count). The summed E-state index contributed by atoms with van der Waals surface area (Å²) in [6.45, 7) is 4.88. The Morgan fingerprint density at radius 1 is 0.909 bits per heavy atom. The van der Waals surface area contributed by atoms with Crippen molar-refractivity contribution in [2.45, 2.75) is 18.2 Å². The van der Waals surface area contributed by atoms with E-state index in [1.807, 2.05) is 30.0 Å². The van der Waals surface area contributed by atoms with E-state index in [1.165, 1.54) is 6.07 Å². The van der Waals surface area contributed by atoms with Gasteiger partial charge in [0.1, 0.15) is 0 Å². The van der Waals surface area contributed by atoms with Gasteiger partial charge in [0.15, 0.2) is 0 Å². The molecule has 0 spiro atoms. The maximum Gasteiger partial charge on any atom is 0.337 e. The monoisotopic (exact) mass is 465 g/mol. The highest BCUT2D eigenvalue weighted by Crippen LogP contribution is 2.28. The quantitative estimate of drug-likeness (QED) is 0.547. The standard InChI is InChI=1S/C25H27N3O4S/c1-2-19-8-11-22(12-9-19)33(31,32)26-20-10-13-24(23(18-20)25(29)30)28-16-14-27(15-17-28)21-6-4-3-5-7-21/h3-13,18,26H,2,14-17H2,1H3,(H,29,30). The fourth-order valence-corrected chi connectivity index (χ4v) is 5.06. The minimum atomic E-state index is -3.82. The summed E-state index contributed by atoms with van der Waals surface area (Å²) in [5.74, 6) is -1.09. The third-order valence-electron chi connectivity index (χ3n) is 5.86. The largest absolute Gasteiger partial charge is 0.478 e. The van der Waals surface area contributed by atoms with E-state index in [9.17, 15) is 18.3 Å². The van der Waals surface area contributed by atoms with Crippen LogP contribution in [0.1, 0.15) is 22.8 Å². The summed E-state index contributed by atoms with van der Waals surface area (Å²) in [7, 11) is -3.82. The topological polar surface area (TPSA) is 90.0 Å². The van der Waals surface area contributed by atoms with Gasteiger partial charge >= 0.3 is 5.97 Å². The SMILES string of the molecule is CCc1ccc(S(=O)(=O)Nc2ccc(N3CCN(c4ccccc4)CC3)c(C(=O)O)c2)cc1. The van der Waals surface area contributed by atoms with Gasteiger partial charge in [-0.2, -0.15) is 0 Å². The Balaban J connectivity index is 1.51. The lowest BCUT2D eigenvalue weighted by Crippen LogP contribution is -2.47. The zero-order valence-corrected chi connectivity index (χ0v) is 19.3. The number of hydrogen-bond acceptors (Lipinski definition) is 5. The van der Waals surface area contributed by atoms with Crippen molar-refractivity contribution >= 4 is 33.1 Å². The summed E-state index contributed by atoms with van der Waals surface area (Å²) in [4.78, 5) is 16.4. The fourth-order valence-electron chi connectivity index (χ4n) is 4.01. The van der Waals surface area contributed by atoms with Crippen molar-refractivity contribution in [1.82, 2.24) is 0 Å². The number of carboxylic acid groups (broad SMARTS) is 1. The van der Waals surface area contributed by atoms with E-state index in [2.05, 4.69) is 21.8 Å². The van der Waals surface area contributed by atoms with Crippen LogP contribution in [-0.2, 0) is 16.4 Å². The molecule has 1 aliphatic heterocycles. The highest BCUT2D eigenvalue weighted by atomic mass is 32.2. The van der Waals surface area contributed by atoms with Crippen LogP contribution < -0.4 is 14.5 Å². The van der Waals surface area contributed by atoms with E-state index in [0.29, 0.717) is 18.8 Å². The molecule has 3 aromatic carbocycles. The Bertz CT molecular complexity index is 1220. The molecule has 3 aromatic rings. The second kappa shape index (κ2) is 9.54. The Kier molecular flexibility index (Phi) is 6.55. The first-order valence-corrected chi connectivity index (χ1v) is 12.4. The average molecular weight is 466 g/mol. The van der Waals surface area contributed by atoms with Crippen LogP contribution in [0.25, 0.3) is 0 Å². The molecule has 1 fully saturated rings. The average Bonchev–Trinajstić information content (AvgIpc) is 2.84. The number of aromatic carboxylic acids is 1. The van der Waals surface area contributed by atoms with Crippen molar-refractivity contribution in [3.05, 3.63) is 83.9 Å². The summed E-state index contributed by atoms with van der Waals surface area (Å²) in [5, 5.41) is 9.81. The Labute approximate surface area is 194 Å². The number of hydrogen-bond donors (Lipinski definition) is 2. The van der Waals surface area contributed by atoms with E-state index in [4.69, 9.17) is 0 Å².